The molecule has 0 aromatic heterocycles. The van der Waals surface area contributed by atoms with Crippen LogP contribution >= 0.6 is 12.2 Å². The number of carbonyl (C=O) groups is 1. The molecule has 2 N–H and O–H groups in total. The van der Waals surface area contributed by atoms with Crippen molar-refractivity contribution in [3.8, 4) is 11.5 Å². The quantitative estimate of drug-likeness (QED) is 0.435. The smallest absolute Gasteiger partial charge is 0.281 e. The lowest BCUT2D eigenvalue weighted by molar-refractivity contribution is -0.113. The van der Waals surface area contributed by atoms with Gasteiger partial charge < -0.3 is 19.9 Å². The number of nitrogens with zero attached hydrogens (tertiary/aromatic N) is 1. The van der Waals surface area contributed by atoms with Crippen molar-refractivity contribution >= 4 is 35.0 Å². The van der Waals surface area contributed by atoms with E-state index in [-0.39, 0.29) is 12.5 Å². The lowest BCUT2D eigenvalue weighted by atomic mass is 10.1. The zero-order valence-corrected chi connectivity index (χ0v) is 15.7. The Bertz CT molecular complexity index is 868. The molecule has 0 aliphatic carbocycles. The lowest BCUT2D eigenvalue weighted by Gasteiger charge is -2.13. The number of hydrogen-bond acceptors (Lipinski definition) is 5. The van der Waals surface area contributed by atoms with Crippen molar-refractivity contribution in [3.63, 3.8) is 0 Å². The van der Waals surface area contributed by atoms with E-state index in [1.54, 1.807) is 25.3 Å². The molecule has 0 bridgehead atoms. The topological polar surface area (TPSA) is 71.0 Å². The van der Waals surface area contributed by atoms with Gasteiger partial charge in [-0.15, -0.1) is 0 Å². The van der Waals surface area contributed by atoms with Crippen LogP contribution in [0.15, 0.2) is 54.2 Å². The average Bonchev–Trinajstić information content (AvgIpc) is 2.97. The molecule has 140 valence electrons. The number of aliphatic hydroxyl groups is 1. The molecule has 1 amide bonds. The van der Waals surface area contributed by atoms with Gasteiger partial charge in [0.1, 0.15) is 17.2 Å². The first-order chi connectivity index (χ1) is 13.1. The zero-order valence-electron chi connectivity index (χ0n) is 14.8. The lowest BCUT2D eigenvalue weighted by Crippen LogP contribution is -2.30. The fourth-order valence-corrected chi connectivity index (χ4v) is 2.93. The van der Waals surface area contributed by atoms with Gasteiger partial charge in [-0.05, 0) is 42.6 Å². The van der Waals surface area contributed by atoms with Crippen molar-refractivity contribution in [1.82, 2.24) is 5.32 Å². The van der Waals surface area contributed by atoms with Crippen LogP contribution in [0, 0.1) is 0 Å². The first-order valence-electron chi connectivity index (χ1n) is 8.48. The monoisotopic (exact) mass is 384 g/mol. The third kappa shape index (κ3) is 4.27. The Kier molecular flexibility index (Phi) is 6.05. The summed E-state index contributed by atoms with van der Waals surface area (Å²) in [6.07, 6.45) is 2.21. The van der Waals surface area contributed by atoms with Crippen LogP contribution in [0.4, 0.5) is 5.69 Å². The van der Waals surface area contributed by atoms with Crippen LogP contribution in [0.5, 0.6) is 11.5 Å². The molecular formula is C20H20N2O4S. The van der Waals surface area contributed by atoms with E-state index in [1.165, 1.54) is 4.90 Å². The summed E-state index contributed by atoms with van der Waals surface area (Å²) >= 11 is 5.33. The van der Waals surface area contributed by atoms with Gasteiger partial charge in [0.2, 0.25) is 0 Å². The predicted octanol–water partition coefficient (Wildman–Crippen LogP) is 2.72. The van der Waals surface area contributed by atoms with E-state index >= 15 is 0 Å². The van der Waals surface area contributed by atoms with E-state index in [1.807, 2.05) is 36.4 Å². The van der Waals surface area contributed by atoms with E-state index in [0.29, 0.717) is 46.6 Å². The molecule has 0 atom stereocenters. The van der Waals surface area contributed by atoms with Crippen LogP contribution in [0.25, 0.3) is 6.08 Å². The summed E-state index contributed by atoms with van der Waals surface area (Å²) in [7, 11) is 1.57. The first-order valence-corrected chi connectivity index (χ1v) is 8.88. The fraction of sp³-hybridized carbons (Fsp3) is 0.200. The molecule has 0 saturated carbocycles. The highest BCUT2D eigenvalue weighted by atomic mass is 32.1. The van der Waals surface area contributed by atoms with Gasteiger partial charge >= 0.3 is 0 Å². The normalized spacial score (nSPS) is 15.2. The second-order valence-corrected chi connectivity index (χ2v) is 6.18. The number of aliphatic hydroxyl groups excluding tert-OH is 1. The summed E-state index contributed by atoms with van der Waals surface area (Å²) in [4.78, 5) is 14.3. The molecule has 0 unspecified atom stereocenters. The van der Waals surface area contributed by atoms with Gasteiger partial charge in [-0.3, -0.25) is 9.69 Å². The number of ether oxygens (including phenoxy) is 2. The fourth-order valence-electron chi connectivity index (χ4n) is 2.63. The minimum Gasteiger partial charge on any atom is -0.497 e. The summed E-state index contributed by atoms with van der Waals surface area (Å²) in [5.41, 5.74) is 1.78. The Hall–Kier alpha value is -2.90. The molecule has 7 heteroatoms. The minimum absolute atomic E-state index is 0.0424. The molecule has 27 heavy (non-hydrogen) atoms. The van der Waals surface area contributed by atoms with Crippen LogP contribution in [-0.4, -0.2) is 36.4 Å². The number of thiocarbonyl (C=S) groups is 1. The molecule has 0 spiro atoms. The Morgan fingerprint density at radius 3 is 2.70 bits per heavy atom. The van der Waals surface area contributed by atoms with Crippen molar-refractivity contribution in [2.75, 3.05) is 25.2 Å². The van der Waals surface area contributed by atoms with Crippen LogP contribution in [0.3, 0.4) is 0 Å². The van der Waals surface area contributed by atoms with Crippen molar-refractivity contribution in [2.45, 2.75) is 6.42 Å². The Labute approximate surface area is 163 Å². The molecule has 1 heterocycles. The van der Waals surface area contributed by atoms with Crippen molar-refractivity contribution < 1.29 is 19.4 Å². The maximum atomic E-state index is 12.8. The molecule has 1 saturated heterocycles. The van der Waals surface area contributed by atoms with Gasteiger partial charge in [0.25, 0.3) is 5.91 Å². The highest BCUT2D eigenvalue weighted by Gasteiger charge is 2.32. The predicted molar refractivity (Wildman–Crippen MR) is 108 cm³/mol. The molecule has 1 aliphatic rings. The summed E-state index contributed by atoms with van der Waals surface area (Å²) in [5, 5.41) is 12.2. The Morgan fingerprint density at radius 2 is 2.00 bits per heavy atom. The highest BCUT2D eigenvalue weighted by Crippen LogP contribution is 2.29. The van der Waals surface area contributed by atoms with Crippen molar-refractivity contribution in [3.05, 3.63) is 59.8 Å². The Morgan fingerprint density at radius 1 is 1.22 bits per heavy atom. The number of methoxy groups -OCH3 is 1. The van der Waals surface area contributed by atoms with Gasteiger partial charge in [-0.25, -0.2) is 0 Å². The van der Waals surface area contributed by atoms with E-state index in [4.69, 9.17) is 26.8 Å². The van der Waals surface area contributed by atoms with Crippen molar-refractivity contribution in [2.24, 2.45) is 0 Å². The molecule has 3 rings (SSSR count). The number of hydrogen-bond donors (Lipinski definition) is 2. The standard InChI is InChI=1S/C20H20N2O4S/c1-25-16-9-8-14(18(13-16)26-11-5-10-23)12-17-19(24)22(20(27)21-17)15-6-3-2-4-7-15/h2-4,6-9,12-13,23H,5,10-11H2,1H3,(H,21,27)/b17-12-. The van der Waals surface area contributed by atoms with Gasteiger partial charge in [0.05, 0.1) is 19.4 Å². The molecule has 2 aromatic rings. The third-order valence-corrected chi connectivity index (χ3v) is 4.26. The van der Waals surface area contributed by atoms with Crippen LogP contribution in [0.2, 0.25) is 0 Å². The largest absolute Gasteiger partial charge is 0.497 e. The second-order valence-electron chi connectivity index (χ2n) is 5.79. The van der Waals surface area contributed by atoms with E-state index < -0.39 is 0 Å². The Balaban J connectivity index is 1.90. The number of anilines is 1. The second kappa shape index (κ2) is 8.66. The average molecular weight is 384 g/mol. The van der Waals surface area contributed by atoms with Gasteiger partial charge in [0, 0.05) is 24.7 Å². The summed E-state index contributed by atoms with van der Waals surface area (Å²) in [6, 6.07) is 14.6. The number of carbonyl (C=O) groups excluding carboxylic acids is 1. The summed E-state index contributed by atoms with van der Waals surface area (Å²) in [6.45, 7) is 0.399. The third-order valence-electron chi connectivity index (χ3n) is 3.97. The highest BCUT2D eigenvalue weighted by molar-refractivity contribution is 7.80. The summed E-state index contributed by atoms with van der Waals surface area (Å²) in [5.74, 6) is 0.973. The number of rotatable bonds is 7. The SMILES string of the molecule is COc1ccc(/C=C2\NC(=S)N(c3ccccc3)C2=O)c(OCCCO)c1. The van der Waals surface area contributed by atoms with E-state index in [2.05, 4.69) is 5.32 Å². The molecular weight excluding hydrogens is 364 g/mol. The minimum atomic E-state index is -0.233. The number of nitrogens with one attached hydrogen (secondary N) is 1. The maximum Gasteiger partial charge on any atom is 0.281 e. The number of amides is 1. The van der Waals surface area contributed by atoms with Crippen LogP contribution in [0.1, 0.15) is 12.0 Å². The number of benzene rings is 2. The molecule has 2 aromatic carbocycles. The zero-order chi connectivity index (χ0) is 19.2. The summed E-state index contributed by atoms with van der Waals surface area (Å²) < 4.78 is 11.0. The molecule has 1 aliphatic heterocycles. The first kappa shape index (κ1) is 18.9. The van der Waals surface area contributed by atoms with Crippen LogP contribution in [-0.2, 0) is 4.79 Å². The molecule has 6 nitrogen and oxygen atoms in total. The van der Waals surface area contributed by atoms with Crippen molar-refractivity contribution in [1.29, 1.82) is 0 Å². The van der Waals surface area contributed by atoms with E-state index in [0.717, 1.165) is 0 Å². The molecule has 1 fully saturated rings. The maximum absolute atomic E-state index is 12.8. The van der Waals surface area contributed by atoms with Gasteiger partial charge in [-0.2, -0.15) is 0 Å². The van der Waals surface area contributed by atoms with Crippen LogP contribution < -0.4 is 19.7 Å². The van der Waals surface area contributed by atoms with E-state index in [9.17, 15) is 4.79 Å². The van der Waals surface area contributed by atoms with Gasteiger partial charge in [0.15, 0.2) is 5.11 Å². The van der Waals surface area contributed by atoms with Gasteiger partial charge in [-0.1, -0.05) is 18.2 Å². The number of para-hydroxylation sites is 1. The molecule has 0 radical (unpaired) electrons.